The number of pyridine rings is 1. The second-order valence-corrected chi connectivity index (χ2v) is 11.1. The molecule has 2 aromatic heterocycles. The van der Waals surface area contributed by atoms with Crippen molar-refractivity contribution in [3.63, 3.8) is 0 Å². The number of hydrogen-bond acceptors (Lipinski definition) is 9. The van der Waals surface area contributed by atoms with E-state index < -0.39 is 18.4 Å². The van der Waals surface area contributed by atoms with E-state index >= 15 is 4.39 Å². The molecule has 2 aromatic carbocycles. The highest BCUT2D eigenvalue weighted by Crippen LogP contribution is 2.29. The molecule has 0 saturated heterocycles. The van der Waals surface area contributed by atoms with Gasteiger partial charge >= 0.3 is 5.97 Å². The van der Waals surface area contributed by atoms with Crippen molar-refractivity contribution in [2.45, 2.75) is 45.9 Å². The van der Waals surface area contributed by atoms with E-state index in [1.807, 2.05) is 38.4 Å². The zero-order valence-corrected chi connectivity index (χ0v) is 26.0. The Kier molecular flexibility index (Phi) is 11.1. The fraction of sp³-hybridized carbons (Fsp3) is 0.438. The Balaban J connectivity index is 1.57. The van der Waals surface area contributed by atoms with Crippen LogP contribution in [0.5, 0.6) is 5.75 Å². The van der Waals surface area contributed by atoms with Crippen LogP contribution in [0.2, 0.25) is 0 Å². The summed E-state index contributed by atoms with van der Waals surface area (Å²) >= 11 is 0. The van der Waals surface area contributed by atoms with Crippen LogP contribution in [0.3, 0.4) is 0 Å². The third kappa shape index (κ3) is 8.00. The van der Waals surface area contributed by atoms with E-state index in [1.54, 1.807) is 42.9 Å². The summed E-state index contributed by atoms with van der Waals surface area (Å²) in [6.45, 7) is 4.62. The van der Waals surface area contributed by atoms with Crippen molar-refractivity contribution in [3.05, 3.63) is 59.7 Å². The molecule has 0 fully saturated rings. The molecule has 44 heavy (non-hydrogen) atoms. The van der Waals surface area contributed by atoms with Crippen LogP contribution in [0.4, 0.5) is 10.2 Å². The number of nitrogens with zero attached hydrogens (tertiary/aromatic N) is 5. The molecule has 0 aliphatic rings. The maximum absolute atomic E-state index is 15.5. The van der Waals surface area contributed by atoms with Crippen LogP contribution < -0.4 is 10.5 Å². The van der Waals surface area contributed by atoms with Crippen LogP contribution in [0.15, 0.2) is 42.5 Å². The lowest BCUT2D eigenvalue weighted by atomic mass is 10.1. The minimum absolute atomic E-state index is 0.0349. The van der Waals surface area contributed by atoms with Gasteiger partial charge in [0.05, 0.1) is 30.3 Å². The van der Waals surface area contributed by atoms with Gasteiger partial charge in [0.2, 0.25) is 5.91 Å². The first-order valence-corrected chi connectivity index (χ1v) is 14.6. The third-order valence-corrected chi connectivity index (χ3v) is 6.95. The molecule has 0 spiro atoms. The number of methoxy groups -OCH3 is 1. The molecule has 236 valence electrons. The van der Waals surface area contributed by atoms with Crippen LogP contribution >= 0.6 is 0 Å². The number of nitrogens with two attached hydrogens (primary N) is 1. The first kappa shape index (κ1) is 32.6. The average Bonchev–Trinajstić information content (AvgIpc) is 3.34. The first-order valence-electron chi connectivity index (χ1n) is 14.6. The number of esters is 1. The number of nitrogen functional groups attached to an aromatic ring is 1. The molecule has 12 heteroatoms. The molecule has 0 aliphatic heterocycles. The fourth-order valence-corrected chi connectivity index (χ4v) is 5.04. The molecule has 11 nitrogen and oxygen atoms in total. The molecule has 4 aromatic rings. The van der Waals surface area contributed by atoms with Crippen molar-refractivity contribution in [1.29, 1.82) is 0 Å². The second-order valence-electron chi connectivity index (χ2n) is 11.1. The predicted octanol–water partition coefficient (Wildman–Crippen LogP) is 3.81. The Bertz CT molecular complexity index is 1610. The monoisotopic (exact) mass is 608 g/mol. The molecule has 2 N–H and O–H groups in total. The summed E-state index contributed by atoms with van der Waals surface area (Å²) in [5.41, 5.74) is 8.89. The number of likely N-dealkylation sites (N-methyl/N-ethyl adjacent to an activating group) is 1. The fourth-order valence-electron chi connectivity index (χ4n) is 5.04. The van der Waals surface area contributed by atoms with Gasteiger partial charge in [-0.05, 0) is 46.5 Å². The normalized spacial score (nSPS) is 11.5. The SMILES string of the molecule is COCCc1nc2c(N)nc3ccccc3c2n1CCCN(Cc1cccc(OCC(=O)OC(C)C)c1F)C(=O)CN(C)C. The summed E-state index contributed by atoms with van der Waals surface area (Å²) in [4.78, 5) is 38.0. The second kappa shape index (κ2) is 14.9. The predicted molar refractivity (Wildman–Crippen MR) is 167 cm³/mol. The molecule has 1 amide bonds. The molecular weight excluding hydrogens is 567 g/mol. The largest absolute Gasteiger partial charge is 0.479 e. The first-order chi connectivity index (χ1) is 21.1. The Morgan fingerprint density at radius 2 is 1.86 bits per heavy atom. The van der Waals surface area contributed by atoms with E-state index in [-0.39, 0.29) is 36.4 Å². The zero-order chi connectivity index (χ0) is 31.8. The average molecular weight is 609 g/mol. The van der Waals surface area contributed by atoms with Crippen LogP contribution in [0, 0.1) is 5.82 Å². The summed E-state index contributed by atoms with van der Waals surface area (Å²) in [7, 11) is 5.26. The lowest BCUT2D eigenvalue weighted by molar-refractivity contribution is -0.149. The molecule has 0 aliphatic carbocycles. The van der Waals surface area contributed by atoms with Gasteiger partial charge in [-0.15, -0.1) is 0 Å². The molecule has 0 saturated carbocycles. The van der Waals surface area contributed by atoms with Gasteiger partial charge < -0.3 is 34.3 Å². The van der Waals surface area contributed by atoms with Gasteiger partial charge in [0.15, 0.2) is 24.0 Å². The number of anilines is 1. The number of amides is 1. The number of imidazole rings is 1. The van der Waals surface area contributed by atoms with E-state index in [0.717, 1.165) is 22.2 Å². The standard InChI is InChI=1S/C32H41FN6O5/c1-21(2)44-28(41)20-43-25-13-8-10-22(29(25)33)18-38(27(40)19-37(3)4)15-9-16-39-26(14-17-42-5)36-30-31(39)23-11-6-7-12-24(23)35-32(30)34/h6-8,10-13,21H,9,14-20H2,1-5H3,(H2,34,35). The number of aromatic nitrogens is 3. The van der Waals surface area contributed by atoms with E-state index in [9.17, 15) is 9.59 Å². The van der Waals surface area contributed by atoms with Gasteiger partial charge in [-0.25, -0.2) is 19.2 Å². The zero-order valence-electron chi connectivity index (χ0n) is 26.0. The van der Waals surface area contributed by atoms with Gasteiger partial charge in [0.25, 0.3) is 0 Å². The lowest BCUT2D eigenvalue weighted by Crippen LogP contribution is -2.38. The minimum Gasteiger partial charge on any atom is -0.479 e. The number of fused-ring (bicyclic) bond motifs is 3. The molecule has 0 bridgehead atoms. The van der Waals surface area contributed by atoms with Crippen molar-refractivity contribution in [1.82, 2.24) is 24.3 Å². The van der Waals surface area contributed by atoms with Crippen LogP contribution in [-0.4, -0.2) is 89.8 Å². The quantitative estimate of drug-likeness (QED) is 0.201. The van der Waals surface area contributed by atoms with E-state index in [2.05, 4.69) is 9.55 Å². The number of rotatable bonds is 15. The molecule has 0 radical (unpaired) electrons. The van der Waals surface area contributed by atoms with Gasteiger partial charge in [0, 0.05) is 44.1 Å². The summed E-state index contributed by atoms with van der Waals surface area (Å²) in [5, 5.41) is 0.935. The van der Waals surface area contributed by atoms with E-state index in [0.29, 0.717) is 43.9 Å². The smallest absolute Gasteiger partial charge is 0.344 e. The Morgan fingerprint density at radius 1 is 1.09 bits per heavy atom. The molecule has 4 rings (SSSR count). The third-order valence-electron chi connectivity index (χ3n) is 6.95. The highest BCUT2D eigenvalue weighted by atomic mass is 19.1. The number of aryl methyl sites for hydroxylation is 1. The van der Waals surface area contributed by atoms with Crippen LogP contribution in [-0.2, 0) is 38.6 Å². The summed E-state index contributed by atoms with van der Waals surface area (Å²) in [5.74, 6) is -0.262. The molecule has 2 heterocycles. The summed E-state index contributed by atoms with van der Waals surface area (Å²) in [6, 6.07) is 12.5. The molecule has 0 atom stereocenters. The van der Waals surface area contributed by atoms with Gasteiger partial charge in [-0.1, -0.05) is 30.3 Å². The number of halogens is 1. The number of carbonyl (C=O) groups excluding carboxylic acids is 2. The minimum atomic E-state index is -0.621. The highest BCUT2D eigenvalue weighted by Gasteiger charge is 2.21. The summed E-state index contributed by atoms with van der Waals surface area (Å²) < 4.78 is 33.4. The summed E-state index contributed by atoms with van der Waals surface area (Å²) in [6.07, 6.45) is 0.841. The maximum atomic E-state index is 15.5. The van der Waals surface area contributed by atoms with Crippen molar-refractivity contribution >= 4 is 39.6 Å². The lowest BCUT2D eigenvalue weighted by Gasteiger charge is -2.25. The number of carbonyl (C=O) groups is 2. The number of para-hydroxylation sites is 1. The topological polar surface area (TPSA) is 125 Å². The number of benzene rings is 2. The Morgan fingerprint density at radius 3 is 2.59 bits per heavy atom. The van der Waals surface area contributed by atoms with Crippen LogP contribution in [0.1, 0.15) is 31.7 Å². The van der Waals surface area contributed by atoms with Gasteiger partial charge in [0.1, 0.15) is 11.3 Å². The highest BCUT2D eigenvalue weighted by molar-refractivity contribution is 6.06. The van der Waals surface area contributed by atoms with Crippen molar-refractivity contribution in [3.8, 4) is 5.75 Å². The molecule has 0 unspecified atom stereocenters. The van der Waals surface area contributed by atoms with Gasteiger partial charge in [-0.2, -0.15) is 0 Å². The molecular formula is C32H41FN6O5. The Labute approximate surface area is 256 Å². The van der Waals surface area contributed by atoms with Crippen molar-refractivity contribution in [2.75, 3.05) is 53.2 Å². The van der Waals surface area contributed by atoms with Crippen LogP contribution in [0.25, 0.3) is 21.9 Å². The maximum Gasteiger partial charge on any atom is 0.344 e. The van der Waals surface area contributed by atoms with Gasteiger partial charge in [-0.3, -0.25) is 4.79 Å². The van der Waals surface area contributed by atoms with E-state index in [1.165, 1.54) is 6.07 Å². The number of ether oxygens (including phenoxy) is 3. The Hall–Kier alpha value is -4.29. The van der Waals surface area contributed by atoms with Crippen molar-refractivity contribution < 1.29 is 28.2 Å². The van der Waals surface area contributed by atoms with E-state index in [4.69, 9.17) is 24.9 Å². The van der Waals surface area contributed by atoms with Crippen molar-refractivity contribution in [2.24, 2.45) is 0 Å². The number of hydrogen-bond donors (Lipinski definition) is 1.